The quantitative estimate of drug-likeness (QED) is 0.676. The highest BCUT2D eigenvalue weighted by molar-refractivity contribution is 6.00. The predicted molar refractivity (Wildman–Crippen MR) is 80.8 cm³/mol. The summed E-state index contributed by atoms with van der Waals surface area (Å²) in [5, 5.41) is 11.2. The summed E-state index contributed by atoms with van der Waals surface area (Å²) < 4.78 is 4.80. The van der Waals surface area contributed by atoms with Crippen molar-refractivity contribution in [3.63, 3.8) is 0 Å². The fourth-order valence-corrected chi connectivity index (χ4v) is 2.12. The lowest BCUT2D eigenvalue weighted by molar-refractivity contribution is -0.144. The standard InChI is InChI=1S/C17H16O4/c1-2-21-16(18)11-14(17(19)20)10-13-8-5-7-12-6-3-4-9-15(12)13/h3-10H,2,11H2,1H3,(H,19,20)/b14-10+. The van der Waals surface area contributed by atoms with Gasteiger partial charge in [0.25, 0.3) is 0 Å². The third-order valence-electron chi connectivity index (χ3n) is 3.07. The molecule has 0 spiro atoms. The summed E-state index contributed by atoms with van der Waals surface area (Å²) in [5.41, 5.74) is 0.791. The number of benzene rings is 2. The number of carboxylic acid groups (broad SMARTS) is 1. The Morgan fingerprint density at radius 1 is 1.14 bits per heavy atom. The molecule has 0 aromatic heterocycles. The third kappa shape index (κ3) is 3.69. The number of carbonyl (C=O) groups excluding carboxylic acids is 1. The molecule has 0 heterocycles. The van der Waals surface area contributed by atoms with Gasteiger partial charge in [-0.15, -0.1) is 0 Å². The van der Waals surface area contributed by atoms with E-state index in [1.54, 1.807) is 6.92 Å². The molecule has 21 heavy (non-hydrogen) atoms. The Balaban J connectivity index is 2.41. The predicted octanol–water partition coefficient (Wildman–Crippen LogP) is 3.26. The van der Waals surface area contributed by atoms with Crippen molar-refractivity contribution < 1.29 is 19.4 Å². The first-order valence-corrected chi connectivity index (χ1v) is 6.69. The lowest BCUT2D eigenvalue weighted by Crippen LogP contribution is -2.10. The Kier molecular flexibility index (Phi) is 4.72. The van der Waals surface area contributed by atoms with E-state index in [1.807, 2.05) is 42.5 Å². The molecule has 0 aliphatic rings. The van der Waals surface area contributed by atoms with Crippen LogP contribution in [0.25, 0.3) is 16.8 Å². The molecule has 2 rings (SSSR count). The van der Waals surface area contributed by atoms with Crippen molar-refractivity contribution >= 4 is 28.8 Å². The molecule has 0 atom stereocenters. The second-order valence-electron chi connectivity index (χ2n) is 4.52. The number of carbonyl (C=O) groups is 2. The van der Waals surface area contributed by atoms with Crippen LogP contribution in [0.5, 0.6) is 0 Å². The number of hydrogen-bond donors (Lipinski definition) is 1. The van der Waals surface area contributed by atoms with Crippen molar-refractivity contribution in [2.45, 2.75) is 13.3 Å². The highest BCUT2D eigenvalue weighted by atomic mass is 16.5. The van der Waals surface area contributed by atoms with Crippen LogP contribution >= 0.6 is 0 Å². The maximum absolute atomic E-state index is 11.5. The lowest BCUT2D eigenvalue weighted by Gasteiger charge is -2.05. The van der Waals surface area contributed by atoms with Gasteiger partial charge in [0, 0.05) is 5.57 Å². The first-order valence-electron chi connectivity index (χ1n) is 6.69. The number of carboxylic acids is 1. The second-order valence-corrected chi connectivity index (χ2v) is 4.52. The zero-order valence-electron chi connectivity index (χ0n) is 11.7. The molecule has 1 N–H and O–H groups in total. The van der Waals surface area contributed by atoms with E-state index < -0.39 is 11.9 Å². The van der Waals surface area contributed by atoms with Gasteiger partial charge in [0.1, 0.15) is 0 Å². The normalized spacial score (nSPS) is 11.4. The Morgan fingerprint density at radius 2 is 1.86 bits per heavy atom. The van der Waals surface area contributed by atoms with Gasteiger partial charge in [-0.05, 0) is 29.3 Å². The van der Waals surface area contributed by atoms with Crippen molar-refractivity contribution in [1.82, 2.24) is 0 Å². The summed E-state index contributed by atoms with van der Waals surface area (Å²) in [6, 6.07) is 13.3. The van der Waals surface area contributed by atoms with E-state index in [4.69, 9.17) is 4.74 Å². The van der Waals surface area contributed by atoms with Gasteiger partial charge in [-0.1, -0.05) is 42.5 Å². The van der Waals surface area contributed by atoms with E-state index in [0.29, 0.717) is 0 Å². The number of esters is 1. The van der Waals surface area contributed by atoms with Gasteiger partial charge in [-0.3, -0.25) is 4.79 Å². The fraction of sp³-hybridized carbons (Fsp3) is 0.176. The minimum Gasteiger partial charge on any atom is -0.478 e. The average Bonchev–Trinajstić information content (AvgIpc) is 2.47. The fourth-order valence-electron chi connectivity index (χ4n) is 2.12. The Morgan fingerprint density at radius 3 is 2.57 bits per heavy atom. The first kappa shape index (κ1) is 14.8. The number of hydrogen-bond acceptors (Lipinski definition) is 3. The van der Waals surface area contributed by atoms with Crippen LogP contribution in [0, 0.1) is 0 Å². The van der Waals surface area contributed by atoms with Crippen molar-refractivity contribution in [2.75, 3.05) is 6.61 Å². The molecule has 108 valence electrons. The van der Waals surface area contributed by atoms with Crippen molar-refractivity contribution in [2.24, 2.45) is 0 Å². The zero-order chi connectivity index (χ0) is 15.2. The summed E-state index contributed by atoms with van der Waals surface area (Å²) in [5.74, 6) is -1.65. The summed E-state index contributed by atoms with van der Waals surface area (Å²) >= 11 is 0. The second kappa shape index (κ2) is 6.70. The van der Waals surface area contributed by atoms with Crippen LogP contribution in [0.4, 0.5) is 0 Å². The van der Waals surface area contributed by atoms with E-state index >= 15 is 0 Å². The van der Waals surface area contributed by atoms with E-state index in [1.165, 1.54) is 6.08 Å². The molecule has 2 aromatic carbocycles. The van der Waals surface area contributed by atoms with Gasteiger partial charge >= 0.3 is 11.9 Å². The maximum Gasteiger partial charge on any atom is 0.332 e. The topological polar surface area (TPSA) is 63.6 Å². The summed E-state index contributed by atoms with van der Waals surface area (Å²) in [6.45, 7) is 1.92. The molecule has 4 nitrogen and oxygen atoms in total. The molecule has 0 aliphatic heterocycles. The Labute approximate surface area is 122 Å². The van der Waals surface area contributed by atoms with Gasteiger partial charge in [-0.25, -0.2) is 4.79 Å². The van der Waals surface area contributed by atoms with Gasteiger partial charge in [0.05, 0.1) is 13.0 Å². The largest absolute Gasteiger partial charge is 0.478 e. The van der Waals surface area contributed by atoms with E-state index in [-0.39, 0.29) is 18.6 Å². The minimum atomic E-state index is -1.11. The number of rotatable bonds is 5. The molecule has 0 radical (unpaired) electrons. The minimum absolute atomic E-state index is 0.0183. The van der Waals surface area contributed by atoms with E-state index in [9.17, 15) is 14.7 Å². The highest BCUT2D eigenvalue weighted by Gasteiger charge is 2.14. The number of aliphatic carboxylic acids is 1. The number of ether oxygens (including phenoxy) is 1. The lowest BCUT2D eigenvalue weighted by atomic mass is 10.0. The molecule has 0 saturated heterocycles. The molecule has 0 unspecified atom stereocenters. The van der Waals surface area contributed by atoms with Crippen LogP contribution in [0.15, 0.2) is 48.0 Å². The third-order valence-corrected chi connectivity index (χ3v) is 3.07. The van der Waals surface area contributed by atoms with Crippen LogP contribution in [0.1, 0.15) is 18.9 Å². The van der Waals surface area contributed by atoms with Crippen molar-refractivity contribution in [1.29, 1.82) is 0 Å². The molecular weight excluding hydrogens is 268 g/mol. The zero-order valence-corrected chi connectivity index (χ0v) is 11.7. The molecule has 0 bridgehead atoms. The first-order chi connectivity index (χ1) is 10.1. The SMILES string of the molecule is CCOC(=O)C/C(=C\c1cccc2ccccc12)C(=O)O. The van der Waals surface area contributed by atoms with Crippen LogP contribution in [0.3, 0.4) is 0 Å². The summed E-state index contributed by atoms with van der Waals surface area (Å²) in [4.78, 5) is 22.8. The van der Waals surface area contributed by atoms with Crippen LogP contribution in [0.2, 0.25) is 0 Å². The van der Waals surface area contributed by atoms with E-state index in [0.717, 1.165) is 16.3 Å². The van der Waals surface area contributed by atoms with Crippen molar-refractivity contribution in [3.8, 4) is 0 Å². The smallest absolute Gasteiger partial charge is 0.332 e. The molecular formula is C17H16O4. The van der Waals surface area contributed by atoms with E-state index in [2.05, 4.69) is 0 Å². The van der Waals surface area contributed by atoms with Gasteiger partial charge < -0.3 is 9.84 Å². The van der Waals surface area contributed by atoms with Gasteiger partial charge in [0.15, 0.2) is 0 Å². The van der Waals surface area contributed by atoms with Crippen molar-refractivity contribution in [3.05, 3.63) is 53.6 Å². The average molecular weight is 284 g/mol. The van der Waals surface area contributed by atoms with Gasteiger partial charge in [0.2, 0.25) is 0 Å². The molecule has 0 fully saturated rings. The molecule has 0 amide bonds. The molecule has 0 aliphatic carbocycles. The van der Waals surface area contributed by atoms with Gasteiger partial charge in [-0.2, -0.15) is 0 Å². The van der Waals surface area contributed by atoms with Crippen LogP contribution in [-0.2, 0) is 14.3 Å². The Hall–Kier alpha value is -2.62. The number of fused-ring (bicyclic) bond motifs is 1. The van der Waals surface area contributed by atoms with Crippen LogP contribution < -0.4 is 0 Å². The maximum atomic E-state index is 11.5. The highest BCUT2D eigenvalue weighted by Crippen LogP contribution is 2.21. The summed E-state index contributed by atoms with van der Waals surface area (Å²) in [6.07, 6.45) is 1.29. The molecule has 4 heteroatoms. The molecule has 0 saturated carbocycles. The monoisotopic (exact) mass is 284 g/mol. The van der Waals surface area contributed by atoms with Crippen LogP contribution in [-0.4, -0.2) is 23.7 Å². The molecule has 2 aromatic rings. The Bertz CT molecular complexity index is 696. The summed E-state index contributed by atoms with van der Waals surface area (Å²) in [7, 11) is 0.